The van der Waals surface area contributed by atoms with E-state index in [0.717, 1.165) is 10.0 Å². The molecule has 0 fully saturated rings. The standard InChI is InChI=1S/C22H16BrClN2O3/c1-2-28-20-10-14(23)9-13(21(20)27)12-25-15-7-8-19-18(11-15)26-22(29-19)16-5-3-4-6-17(16)24/h3-12,27H,2H2,1H3. The average Bonchev–Trinajstić information content (AvgIpc) is 3.13. The number of ether oxygens (including phenoxy) is 1. The number of nitrogens with zero attached hydrogens (tertiary/aromatic N) is 2. The Hall–Kier alpha value is -2.83. The van der Waals surface area contributed by atoms with Crippen LogP contribution in [0.5, 0.6) is 11.5 Å². The largest absolute Gasteiger partial charge is 0.504 e. The summed E-state index contributed by atoms with van der Waals surface area (Å²) in [6.45, 7) is 2.31. The van der Waals surface area contributed by atoms with Gasteiger partial charge in [0.25, 0.3) is 0 Å². The Morgan fingerprint density at radius 2 is 2.03 bits per heavy atom. The minimum atomic E-state index is 0.0438. The Balaban J connectivity index is 1.66. The lowest BCUT2D eigenvalue weighted by atomic mass is 10.2. The van der Waals surface area contributed by atoms with Crippen LogP contribution in [0.1, 0.15) is 12.5 Å². The average molecular weight is 472 g/mol. The number of fused-ring (bicyclic) bond motifs is 1. The number of aliphatic imine (C=N–C) groups is 1. The summed E-state index contributed by atoms with van der Waals surface area (Å²) in [6.07, 6.45) is 1.58. The molecule has 0 spiro atoms. The lowest BCUT2D eigenvalue weighted by Gasteiger charge is -2.08. The van der Waals surface area contributed by atoms with E-state index in [4.69, 9.17) is 20.8 Å². The maximum absolute atomic E-state index is 10.4. The van der Waals surface area contributed by atoms with Gasteiger partial charge in [-0.3, -0.25) is 4.99 Å². The van der Waals surface area contributed by atoms with E-state index >= 15 is 0 Å². The minimum absolute atomic E-state index is 0.0438. The van der Waals surface area contributed by atoms with E-state index in [1.165, 1.54) is 0 Å². The first kappa shape index (κ1) is 19.5. The van der Waals surface area contributed by atoms with Gasteiger partial charge in [0.2, 0.25) is 5.89 Å². The summed E-state index contributed by atoms with van der Waals surface area (Å²) in [5.74, 6) is 0.903. The first-order valence-corrected chi connectivity index (χ1v) is 10.1. The molecule has 0 atom stereocenters. The second-order valence-corrected chi connectivity index (χ2v) is 7.51. The number of aromatic hydroxyl groups is 1. The van der Waals surface area contributed by atoms with Gasteiger partial charge in [-0.2, -0.15) is 0 Å². The van der Waals surface area contributed by atoms with E-state index < -0.39 is 0 Å². The normalized spacial score (nSPS) is 11.4. The lowest BCUT2D eigenvalue weighted by Crippen LogP contribution is -1.94. The molecule has 0 bridgehead atoms. The fourth-order valence-electron chi connectivity index (χ4n) is 2.85. The molecule has 0 radical (unpaired) electrons. The highest BCUT2D eigenvalue weighted by Crippen LogP contribution is 2.34. The van der Waals surface area contributed by atoms with Gasteiger partial charge in [0, 0.05) is 16.3 Å². The van der Waals surface area contributed by atoms with Crippen LogP contribution in [0.25, 0.3) is 22.6 Å². The lowest BCUT2D eigenvalue weighted by molar-refractivity contribution is 0.317. The molecule has 0 aliphatic heterocycles. The highest BCUT2D eigenvalue weighted by atomic mass is 79.9. The zero-order valence-corrected chi connectivity index (χ0v) is 17.7. The first-order valence-electron chi connectivity index (χ1n) is 8.90. The first-order chi connectivity index (χ1) is 14.0. The van der Waals surface area contributed by atoms with Gasteiger partial charge in [-0.1, -0.05) is 39.7 Å². The van der Waals surface area contributed by atoms with Crippen molar-refractivity contribution >= 4 is 50.5 Å². The quantitative estimate of drug-likeness (QED) is 0.326. The number of benzene rings is 3. The second kappa shape index (κ2) is 8.27. The van der Waals surface area contributed by atoms with E-state index in [1.807, 2.05) is 43.3 Å². The molecular weight excluding hydrogens is 456 g/mol. The van der Waals surface area contributed by atoms with Crippen molar-refractivity contribution in [2.75, 3.05) is 6.61 Å². The van der Waals surface area contributed by atoms with Crippen molar-refractivity contribution in [1.29, 1.82) is 0 Å². The van der Waals surface area contributed by atoms with Crippen LogP contribution in [-0.4, -0.2) is 22.9 Å². The Labute approximate surface area is 180 Å². The van der Waals surface area contributed by atoms with E-state index in [9.17, 15) is 5.11 Å². The summed E-state index contributed by atoms with van der Waals surface area (Å²) in [5, 5.41) is 10.9. The third-order valence-electron chi connectivity index (χ3n) is 4.20. The smallest absolute Gasteiger partial charge is 0.228 e. The fraction of sp³-hybridized carbons (Fsp3) is 0.0909. The predicted molar refractivity (Wildman–Crippen MR) is 119 cm³/mol. The maximum atomic E-state index is 10.4. The van der Waals surface area contributed by atoms with E-state index in [0.29, 0.717) is 45.6 Å². The van der Waals surface area contributed by atoms with Crippen LogP contribution in [0.4, 0.5) is 5.69 Å². The molecule has 29 heavy (non-hydrogen) atoms. The molecule has 1 N–H and O–H groups in total. The summed E-state index contributed by atoms with van der Waals surface area (Å²) in [4.78, 5) is 8.99. The van der Waals surface area contributed by atoms with Gasteiger partial charge in [0.1, 0.15) is 5.52 Å². The Bertz CT molecular complexity index is 1220. The van der Waals surface area contributed by atoms with Crippen molar-refractivity contribution in [1.82, 2.24) is 4.98 Å². The number of aromatic nitrogens is 1. The van der Waals surface area contributed by atoms with Crippen LogP contribution >= 0.6 is 27.5 Å². The van der Waals surface area contributed by atoms with Crippen molar-refractivity contribution in [2.45, 2.75) is 6.92 Å². The fourth-order valence-corrected chi connectivity index (χ4v) is 3.52. The molecule has 1 heterocycles. The number of halogens is 2. The van der Waals surface area contributed by atoms with Gasteiger partial charge in [-0.25, -0.2) is 4.98 Å². The maximum Gasteiger partial charge on any atom is 0.228 e. The van der Waals surface area contributed by atoms with E-state index in [2.05, 4.69) is 25.9 Å². The summed E-state index contributed by atoms with van der Waals surface area (Å²) in [6, 6.07) is 16.3. The molecule has 4 aromatic rings. The third-order valence-corrected chi connectivity index (χ3v) is 4.98. The van der Waals surface area contributed by atoms with Crippen LogP contribution < -0.4 is 4.74 Å². The number of phenolic OH excluding ortho intramolecular Hbond substituents is 1. The minimum Gasteiger partial charge on any atom is -0.504 e. The molecule has 3 aromatic carbocycles. The van der Waals surface area contributed by atoms with Gasteiger partial charge in [0.05, 0.1) is 22.9 Å². The Morgan fingerprint density at radius 1 is 1.21 bits per heavy atom. The molecule has 0 saturated carbocycles. The van der Waals surface area contributed by atoms with Crippen LogP contribution in [0.15, 0.2) is 68.5 Å². The molecule has 0 amide bonds. The predicted octanol–water partition coefficient (Wildman–Crippen LogP) is 6.77. The Morgan fingerprint density at radius 3 is 2.83 bits per heavy atom. The van der Waals surface area contributed by atoms with Crippen molar-refractivity contribution in [3.05, 3.63) is 69.7 Å². The molecule has 1 aromatic heterocycles. The van der Waals surface area contributed by atoms with Crippen molar-refractivity contribution in [3.8, 4) is 23.0 Å². The van der Waals surface area contributed by atoms with Crippen LogP contribution in [0.2, 0.25) is 5.02 Å². The van der Waals surface area contributed by atoms with Gasteiger partial charge >= 0.3 is 0 Å². The molecule has 0 unspecified atom stereocenters. The number of hydrogen-bond donors (Lipinski definition) is 1. The molecule has 0 aliphatic rings. The zero-order chi connectivity index (χ0) is 20.4. The van der Waals surface area contributed by atoms with Gasteiger partial charge in [-0.15, -0.1) is 0 Å². The number of phenols is 1. The molecule has 0 aliphatic carbocycles. The topological polar surface area (TPSA) is 67.9 Å². The number of oxazole rings is 1. The van der Waals surface area contributed by atoms with Crippen LogP contribution in [-0.2, 0) is 0 Å². The molecule has 146 valence electrons. The summed E-state index contributed by atoms with van der Waals surface area (Å²) in [5.41, 5.74) is 3.26. The number of rotatable bonds is 5. The SMILES string of the molecule is CCOc1cc(Br)cc(C=Nc2ccc3oc(-c4ccccc4Cl)nc3c2)c1O. The molecule has 7 heteroatoms. The third kappa shape index (κ3) is 4.13. The summed E-state index contributed by atoms with van der Waals surface area (Å²) in [7, 11) is 0. The van der Waals surface area contributed by atoms with Gasteiger partial charge in [0.15, 0.2) is 17.1 Å². The summed E-state index contributed by atoms with van der Waals surface area (Å²) < 4.78 is 12.1. The zero-order valence-electron chi connectivity index (χ0n) is 15.4. The molecular formula is C22H16BrClN2O3. The monoisotopic (exact) mass is 470 g/mol. The molecule has 5 nitrogen and oxygen atoms in total. The second-order valence-electron chi connectivity index (χ2n) is 6.18. The van der Waals surface area contributed by atoms with Gasteiger partial charge < -0.3 is 14.3 Å². The van der Waals surface area contributed by atoms with Crippen molar-refractivity contribution in [3.63, 3.8) is 0 Å². The number of hydrogen-bond acceptors (Lipinski definition) is 5. The Kier molecular flexibility index (Phi) is 5.56. The summed E-state index contributed by atoms with van der Waals surface area (Å²) >= 11 is 9.66. The highest BCUT2D eigenvalue weighted by molar-refractivity contribution is 9.10. The van der Waals surface area contributed by atoms with Crippen molar-refractivity contribution in [2.24, 2.45) is 4.99 Å². The highest BCUT2D eigenvalue weighted by Gasteiger charge is 2.12. The van der Waals surface area contributed by atoms with Crippen LogP contribution in [0.3, 0.4) is 0 Å². The van der Waals surface area contributed by atoms with E-state index in [1.54, 1.807) is 24.4 Å². The molecule has 4 rings (SSSR count). The molecule has 0 saturated heterocycles. The van der Waals surface area contributed by atoms with E-state index in [-0.39, 0.29) is 5.75 Å². The van der Waals surface area contributed by atoms with Crippen LogP contribution in [0, 0.1) is 0 Å². The van der Waals surface area contributed by atoms with Crippen molar-refractivity contribution < 1.29 is 14.3 Å². The van der Waals surface area contributed by atoms with Gasteiger partial charge in [-0.05, 0) is 49.4 Å².